The van der Waals surface area contributed by atoms with Gasteiger partial charge in [0.05, 0.1) is 16.6 Å². The first-order valence-electron chi connectivity index (χ1n) is 8.70. The maximum Gasteiger partial charge on any atom is 0.341 e. The van der Waals surface area contributed by atoms with Gasteiger partial charge in [-0.25, -0.2) is 14.2 Å². The van der Waals surface area contributed by atoms with Gasteiger partial charge in [-0.05, 0) is 25.1 Å². The molecule has 27 heavy (non-hydrogen) atoms. The van der Waals surface area contributed by atoms with Crippen LogP contribution in [0.2, 0.25) is 0 Å². The van der Waals surface area contributed by atoms with Gasteiger partial charge in [-0.15, -0.1) is 0 Å². The summed E-state index contributed by atoms with van der Waals surface area (Å²) < 4.78 is 16.3. The maximum absolute atomic E-state index is 14.8. The minimum Gasteiger partial charge on any atom is -0.477 e. The van der Waals surface area contributed by atoms with Crippen molar-refractivity contribution in [3.05, 3.63) is 46.0 Å². The fraction of sp³-hybridized carbons (Fsp3) is 0.316. The van der Waals surface area contributed by atoms with Gasteiger partial charge in [0.15, 0.2) is 0 Å². The molecule has 1 atom stereocenters. The van der Waals surface area contributed by atoms with Crippen molar-refractivity contribution in [2.75, 3.05) is 24.5 Å². The van der Waals surface area contributed by atoms with Gasteiger partial charge in [0.25, 0.3) is 0 Å². The Morgan fingerprint density at radius 2 is 2.15 bits per heavy atom. The number of carboxylic acid groups (broad SMARTS) is 1. The van der Waals surface area contributed by atoms with Crippen LogP contribution in [0.15, 0.2) is 29.2 Å². The number of benzene rings is 1. The molecule has 8 heteroatoms. The first kappa shape index (κ1) is 17.4. The number of anilines is 1. The predicted molar refractivity (Wildman–Crippen MR) is 101 cm³/mol. The summed E-state index contributed by atoms with van der Waals surface area (Å²) in [6.07, 6.45) is 1.26. The number of halogens is 1. The summed E-state index contributed by atoms with van der Waals surface area (Å²) in [7, 11) is 1.63. The number of pyridine rings is 2. The first-order valence-corrected chi connectivity index (χ1v) is 8.70. The molecule has 140 valence electrons. The third-order valence-electron chi connectivity index (χ3n) is 4.95. The van der Waals surface area contributed by atoms with Crippen LogP contribution in [0.4, 0.5) is 10.1 Å². The number of nitrogens with one attached hydrogen (secondary N) is 1. The highest BCUT2D eigenvalue weighted by Gasteiger charge is 2.21. The Balaban J connectivity index is 1.93. The van der Waals surface area contributed by atoms with E-state index >= 15 is 0 Å². The van der Waals surface area contributed by atoms with E-state index in [2.05, 4.69) is 10.3 Å². The monoisotopic (exact) mass is 370 g/mol. The normalized spacial score (nSPS) is 17.6. The second-order valence-corrected chi connectivity index (χ2v) is 6.95. The molecular weight excluding hydrogens is 351 g/mol. The molecule has 1 aromatic carbocycles. The zero-order valence-electron chi connectivity index (χ0n) is 15.0. The molecule has 0 bridgehead atoms. The highest BCUT2D eigenvalue weighted by molar-refractivity contribution is 5.96. The Kier molecular flexibility index (Phi) is 4.07. The van der Waals surface area contributed by atoms with E-state index in [-0.39, 0.29) is 22.8 Å². The SMILES string of the molecule is CC1CN(c2cc3nc4c(cc3cc2F)c(=O)c(C(=O)O)cn4C)CCN1. The number of aromatic nitrogens is 2. The summed E-state index contributed by atoms with van der Waals surface area (Å²) in [6, 6.07) is 4.82. The lowest BCUT2D eigenvalue weighted by molar-refractivity contribution is 0.0695. The Morgan fingerprint density at radius 3 is 2.85 bits per heavy atom. The van der Waals surface area contributed by atoms with Crippen molar-refractivity contribution in [2.45, 2.75) is 13.0 Å². The van der Waals surface area contributed by atoms with E-state index in [1.54, 1.807) is 13.1 Å². The molecule has 1 fully saturated rings. The van der Waals surface area contributed by atoms with Crippen LogP contribution in [0.25, 0.3) is 21.9 Å². The van der Waals surface area contributed by atoms with Crippen LogP contribution >= 0.6 is 0 Å². The van der Waals surface area contributed by atoms with E-state index in [1.165, 1.54) is 22.9 Å². The maximum atomic E-state index is 14.8. The van der Waals surface area contributed by atoms with Crippen LogP contribution in [0.3, 0.4) is 0 Å². The number of nitrogens with zero attached hydrogens (tertiary/aromatic N) is 3. The van der Waals surface area contributed by atoms with E-state index in [9.17, 15) is 19.1 Å². The molecule has 1 unspecified atom stereocenters. The van der Waals surface area contributed by atoms with Crippen LogP contribution < -0.4 is 15.6 Å². The fourth-order valence-corrected chi connectivity index (χ4v) is 3.61. The summed E-state index contributed by atoms with van der Waals surface area (Å²) in [6.45, 7) is 4.21. The molecule has 7 nitrogen and oxygen atoms in total. The van der Waals surface area contributed by atoms with Gasteiger partial charge in [-0.1, -0.05) is 0 Å². The van der Waals surface area contributed by atoms with E-state index in [0.717, 1.165) is 6.54 Å². The van der Waals surface area contributed by atoms with Crippen LogP contribution in [-0.4, -0.2) is 46.3 Å². The lowest BCUT2D eigenvalue weighted by atomic mass is 10.1. The lowest BCUT2D eigenvalue weighted by Crippen LogP contribution is -2.49. The van der Waals surface area contributed by atoms with Crippen molar-refractivity contribution in [2.24, 2.45) is 7.05 Å². The average Bonchev–Trinajstić information content (AvgIpc) is 2.62. The Hall–Kier alpha value is -3.00. The summed E-state index contributed by atoms with van der Waals surface area (Å²) in [5.74, 6) is -1.68. The van der Waals surface area contributed by atoms with Gasteiger partial charge in [0.2, 0.25) is 5.43 Å². The molecule has 3 aromatic rings. The Morgan fingerprint density at radius 1 is 1.37 bits per heavy atom. The molecule has 1 aliphatic rings. The van der Waals surface area contributed by atoms with Crippen molar-refractivity contribution >= 4 is 33.6 Å². The number of hydrogen-bond donors (Lipinski definition) is 2. The molecule has 4 rings (SSSR count). The van der Waals surface area contributed by atoms with Crippen molar-refractivity contribution in [3.8, 4) is 0 Å². The van der Waals surface area contributed by atoms with Gasteiger partial charge in [0.1, 0.15) is 17.0 Å². The van der Waals surface area contributed by atoms with Gasteiger partial charge >= 0.3 is 5.97 Å². The first-order chi connectivity index (χ1) is 12.8. The molecule has 3 heterocycles. The number of carboxylic acids is 1. The minimum absolute atomic E-state index is 0.160. The third kappa shape index (κ3) is 2.91. The van der Waals surface area contributed by atoms with E-state index in [0.29, 0.717) is 35.3 Å². The number of carbonyl (C=O) groups is 1. The zero-order valence-corrected chi connectivity index (χ0v) is 15.0. The molecule has 1 saturated heterocycles. The number of fused-ring (bicyclic) bond motifs is 2. The highest BCUT2D eigenvalue weighted by Crippen LogP contribution is 2.27. The van der Waals surface area contributed by atoms with Crippen molar-refractivity contribution < 1.29 is 14.3 Å². The third-order valence-corrected chi connectivity index (χ3v) is 4.95. The predicted octanol–water partition coefficient (Wildman–Crippen LogP) is 1.72. The molecule has 2 N–H and O–H groups in total. The van der Waals surface area contributed by atoms with Crippen molar-refractivity contribution in [1.82, 2.24) is 14.9 Å². The molecular formula is C19H19FN4O3. The number of aromatic carboxylic acids is 1. The largest absolute Gasteiger partial charge is 0.477 e. The molecule has 1 aliphatic heterocycles. The number of aryl methyl sites for hydroxylation is 1. The number of rotatable bonds is 2. The van der Waals surface area contributed by atoms with Crippen LogP contribution in [0.1, 0.15) is 17.3 Å². The minimum atomic E-state index is -1.30. The summed E-state index contributed by atoms with van der Waals surface area (Å²) in [5, 5.41) is 13.2. The molecule has 0 saturated carbocycles. The standard InChI is InChI=1S/C19H19FN4O3/c1-10-8-24(4-3-21-10)16-7-15-11(6-14(16)20)5-12-17(25)13(19(26)27)9-23(2)18(12)22-15/h5-7,9-10,21H,3-4,8H2,1-2H3,(H,26,27). The molecule has 0 aliphatic carbocycles. The van der Waals surface area contributed by atoms with E-state index in [4.69, 9.17) is 0 Å². The fourth-order valence-electron chi connectivity index (χ4n) is 3.61. The van der Waals surface area contributed by atoms with Crippen LogP contribution in [-0.2, 0) is 7.05 Å². The Bertz CT molecular complexity index is 1140. The molecule has 0 amide bonds. The smallest absolute Gasteiger partial charge is 0.341 e. The topological polar surface area (TPSA) is 87.5 Å². The molecule has 2 aromatic heterocycles. The molecule has 0 radical (unpaired) electrons. The molecule has 0 spiro atoms. The van der Waals surface area contributed by atoms with Gasteiger partial charge < -0.3 is 19.9 Å². The zero-order chi connectivity index (χ0) is 19.3. The number of hydrogen-bond acceptors (Lipinski definition) is 5. The van der Waals surface area contributed by atoms with Crippen molar-refractivity contribution in [1.29, 1.82) is 0 Å². The highest BCUT2D eigenvalue weighted by atomic mass is 19.1. The van der Waals surface area contributed by atoms with Crippen molar-refractivity contribution in [3.63, 3.8) is 0 Å². The van der Waals surface area contributed by atoms with Gasteiger partial charge in [-0.2, -0.15) is 0 Å². The van der Waals surface area contributed by atoms with E-state index < -0.39 is 11.4 Å². The van der Waals surface area contributed by atoms with Crippen LogP contribution in [0.5, 0.6) is 0 Å². The Labute approximate surface area is 154 Å². The summed E-state index contributed by atoms with van der Waals surface area (Å²) in [5.41, 5.74) is 0.449. The second-order valence-electron chi connectivity index (χ2n) is 6.95. The van der Waals surface area contributed by atoms with Crippen LogP contribution in [0, 0.1) is 5.82 Å². The van der Waals surface area contributed by atoms with Gasteiger partial charge in [0, 0.05) is 44.3 Å². The summed E-state index contributed by atoms with van der Waals surface area (Å²) in [4.78, 5) is 30.2. The quantitative estimate of drug-likeness (QED) is 0.668. The summed E-state index contributed by atoms with van der Waals surface area (Å²) >= 11 is 0. The second kappa shape index (κ2) is 6.31. The van der Waals surface area contributed by atoms with E-state index in [1.807, 2.05) is 11.8 Å². The van der Waals surface area contributed by atoms with Gasteiger partial charge in [-0.3, -0.25) is 4.79 Å². The lowest BCUT2D eigenvalue weighted by Gasteiger charge is -2.33. The average molecular weight is 370 g/mol. The number of piperazine rings is 1.